The predicted molar refractivity (Wildman–Crippen MR) is 61.5 cm³/mol. The molecule has 0 saturated carbocycles. The van der Waals surface area contributed by atoms with Gasteiger partial charge in [-0.05, 0) is 0 Å². The van der Waals surface area contributed by atoms with E-state index in [1.165, 1.54) is 0 Å². The second-order valence-corrected chi connectivity index (χ2v) is 4.03. The summed E-state index contributed by atoms with van der Waals surface area (Å²) in [6, 6.07) is 0. The maximum atomic E-state index is 11.7. The van der Waals surface area contributed by atoms with Crippen molar-refractivity contribution in [3.8, 4) is 12.3 Å². The summed E-state index contributed by atoms with van der Waals surface area (Å²) in [6.07, 6.45) is 2.06. The van der Waals surface area contributed by atoms with Gasteiger partial charge in [-0.1, -0.05) is 5.92 Å². The highest BCUT2D eigenvalue weighted by Crippen LogP contribution is 2.36. The molecule has 5 N–H and O–H groups in total. The normalized spacial score (nSPS) is 34.1. The molecule has 1 fully saturated rings. The largest absolute Gasteiger partial charge is 0.394 e. The van der Waals surface area contributed by atoms with Crippen molar-refractivity contribution in [3.05, 3.63) is 16.8 Å². The van der Waals surface area contributed by atoms with Crippen molar-refractivity contribution in [1.82, 2.24) is 14.5 Å². The summed E-state index contributed by atoms with van der Waals surface area (Å²) in [5.41, 5.74) is 2.20. The van der Waals surface area contributed by atoms with E-state index in [4.69, 9.17) is 22.0 Å². The Bertz CT molecular complexity index is 582. The van der Waals surface area contributed by atoms with Crippen LogP contribution >= 0.6 is 0 Å². The Hall–Kier alpha value is -1.99. The Balaban J connectivity index is 2.49. The predicted octanol–water partition coefficient (Wildman–Crippen LogP) is -3.16. The van der Waals surface area contributed by atoms with Crippen LogP contribution in [0.25, 0.3) is 0 Å². The van der Waals surface area contributed by atoms with Crippen LogP contribution in [0.1, 0.15) is 6.23 Å². The molecule has 0 spiro atoms. The number of rotatable bonds is 2. The molecule has 0 aliphatic carbocycles. The molecule has 0 bridgehead atoms. The third-order valence-corrected chi connectivity index (χ3v) is 2.89. The van der Waals surface area contributed by atoms with E-state index in [9.17, 15) is 15.0 Å². The number of hydrogen-bond acceptors (Lipinski definition) is 8. The standard InChI is InChI=1S/C10H12N4O5/c1-2-10(18)6(16)5(3-15)19-7(10)14-4-12-8(11)13-9(14)17/h1,4-7,15-16,18H,3H2,(H2,11,13,17)/t5-,6?,7-,10-/m1/s1. The van der Waals surface area contributed by atoms with Gasteiger partial charge in [-0.2, -0.15) is 4.98 Å². The van der Waals surface area contributed by atoms with Crippen LogP contribution in [0.2, 0.25) is 0 Å². The fourth-order valence-electron chi connectivity index (χ4n) is 1.87. The van der Waals surface area contributed by atoms with Crippen LogP contribution < -0.4 is 11.4 Å². The highest BCUT2D eigenvalue weighted by Gasteiger charge is 2.55. The van der Waals surface area contributed by atoms with E-state index in [0.717, 1.165) is 10.9 Å². The third-order valence-electron chi connectivity index (χ3n) is 2.89. The maximum Gasteiger partial charge on any atom is 0.354 e. The molecule has 4 atom stereocenters. The lowest BCUT2D eigenvalue weighted by Crippen LogP contribution is -2.47. The molecular weight excluding hydrogens is 256 g/mol. The molecule has 9 nitrogen and oxygen atoms in total. The van der Waals surface area contributed by atoms with Crippen molar-refractivity contribution in [2.75, 3.05) is 12.3 Å². The number of terminal acetylenes is 1. The first kappa shape index (κ1) is 13.4. The van der Waals surface area contributed by atoms with Gasteiger partial charge in [0.15, 0.2) is 11.8 Å². The lowest BCUT2D eigenvalue weighted by atomic mass is 9.95. The number of aliphatic hydroxyl groups excluding tert-OH is 2. The third kappa shape index (κ3) is 1.96. The molecule has 19 heavy (non-hydrogen) atoms. The van der Waals surface area contributed by atoms with Crippen LogP contribution in [0.5, 0.6) is 0 Å². The Morgan fingerprint density at radius 2 is 2.37 bits per heavy atom. The summed E-state index contributed by atoms with van der Waals surface area (Å²) in [7, 11) is 0. The molecule has 1 aromatic rings. The van der Waals surface area contributed by atoms with Crippen molar-refractivity contribution < 1.29 is 20.1 Å². The van der Waals surface area contributed by atoms with Crippen LogP contribution in [-0.4, -0.2) is 54.3 Å². The Labute approximate surface area is 107 Å². The van der Waals surface area contributed by atoms with E-state index in [1.807, 2.05) is 5.92 Å². The first-order chi connectivity index (χ1) is 8.93. The van der Waals surface area contributed by atoms with Gasteiger partial charge in [0.25, 0.3) is 0 Å². The molecule has 9 heteroatoms. The zero-order valence-corrected chi connectivity index (χ0v) is 9.67. The summed E-state index contributed by atoms with van der Waals surface area (Å²) in [5, 5.41) is 29.1. The number of hydrogen-bond donors (Lipinski definition) is 4. The lowest BCUT2D eigenvalue weighted by Gasteiger charge is -2.25. The number of aliphatic hydroxyl groups is 3. The number of nitrogens with zero attached hydrogens (tertiary/aromatic N) is 3. The van der Waals surface area contributed by atoms with Crippen molar-refractivity contribution in [3.63, 3.8) is 0 Å². The number of ether oxygens (including phenoxy) is 1. The van der Waals surface area contributed by atoms with Gasteiger partial charge in [0, 0.05) is 0 Å². The Kier molecular flexibility index (Phi) is 3.25. The second-order valence-electron chi connectivity index (χ2n) is 4.03. The van der Waals surface area contributed by atoms with Crippen LogP contribution in [0.15, 0.2) is 11.1 Å². The molecule has 1 aliphatic rings. The molecule has 2 heterocycles. The summed E-state index contributed by atoms with van der Waals surface area (Å²) in [6.45, 7) is -0.577. The van der Waals surface area contributed by atoms with Gasteiger partial charge in [-0.15, -0.1) is 6.42 Å². The molecule has 0 aromatic carbocycles. The number of nitrogen functional groups attached to an aromatic ring is 1. The SMILES string of the molecule is C#C[C@@]1(O)C(O)[C@@H](CO)O[C@H]1n1cnc(N)nc1=O. The molecule has 1 aliphatic heterocycles. The highest BCUT2D eigenvalue weighted by atomic mass is 16.6. The van der Waals surface area contributed by atoms with Crippen molar-refractivity contribution in [2.45, 2.75) is 24.0 Å². The smallest absolute Gasteiger partial charge is 0.354 e. The average Bonchev–Trinajstić information content (AvgIpc) is 2.63. The van der Waals surface area contributed by atoms with E-state index >= 15 is 0 Å². The van der Waals surface area contributed by atoms with Gasteiger partial charge in [0.2, 0.25) is 5.95 Å². The molecule has 102 valence electrons. The number of aromatic nitrogens is 3. The topological polar surface area (TPSA) is 144 Å². The first-order valence-electron chi connectivity index (χ1n) is 5.29. The summed E-state index contributed by atoms with van der Waals surface area (Å²) in [4.78, 5) is 18.6. The van der Waals surface area contributed by atoms with E-state index in [0.29, 0.717) is 0 Å². The van der Waals surface area contributed by atoms with Crippen LogP contribution in [0, 0.1) is 12.3 Å². The van der Waals surface area contributed by atoms with Gasteiger partial charge in [-0.25, -0.2) is 9.78 Å². The van der Waals surface area contributed by atoms with E-state index < -0.39 is 36.3 Å². The van der Waals surface area contributed by atoms with Gasteiger partial charge in [0.05, 0.1) is 6.61 Å². The molecule has 1 aromatic heterocycles. The van der Waals surface area contributed by atoms with Gasteiger partial charge >= 0.3 is 5.69 Å². The minimum absolute atomic E-state index is 0.247. The fourth-order valence-corrected chi connectivity index (χ4v) is 1.87. The zero-order chi connectivity index (χ0) is 14.2. The number of anilines is 1. The Morgan fingerprint density at radius 1 is 1.68 bits per heavy atom. The van der Waals surface area contributed by atoms with Crippen LogP contribution in [-0.2, 0) is 4.74 Å². The summed E-state index contributed by atoms with van der Waals surface area (Å²) < 4.78 is 5.99. The average molecular weight is 268 g/mol. The first-order valence-corrected chi connectivity index (χ1v) is 5.29. The molecule has 2 rings (SSSR count). The van der Waals surface area contributed by atoms with E-state index in [1.54, 1.807) is 0 Å². The second kappa shape index (κ2) is 4.60. The molecule has 1 unspecified atom stereocenters. The lowest BCUT2D eigenvalue weighted by molar-refractivity contribution is -0.0769. The van der Waals surface area contributed by atoms with Gasteiger partial charge in [0.1, 0.15) is 18.5 Å². The minimum atomic E-state index is -2.18. The van der Waals surface area contributed by atoms with E-state index in [2.05, 4.69) is 9.97 Å². The van der Waals surface area contributed by atoms with Gasteiger partial charge in [-0.3, -0.25) is 4.57 Å². The molecular formula is C10H12N4O5. The molecule has 0 radical (unpaired) electrons. The highest BCUT2D eigenvalue weighted by molar-refractivity contribution is 5.19. The summed E-state index contributed by atoms with van der Waals surface area (Å²) >= 11 is 0. The minimum Gasteiger partial charge on any atom is -0.394 e. The van der Waals surface area contributed by atoms with Crippen LogP contribution in [0.3, 0.4) is 0 Å². The monoisotopic (exact) mass is 268 g/mol. The van der Waals surface area contributed by atoms with Crippen molar-refractivity contribution in [1.29, 1.82) is 0 Å². The van der Waals surface area contributed by atoms with Crippen molar-refractivity contribution >= 4 is 5.95 Å². The van der Waals surface area contributed by atoms with E-state index in [-0.39, 0.29) is 5.95 Å². The summed E-state index contributed by atoms with van der Waals surface area (Å²) in [5.74, 6) is 1.72. The quantitative estimate of drug-likeness (QED) is 0.411. The molecule has 0 amide bonds. The number of nitrogens with two attached hydrogens (primary N) is 1. The van der Waals surface area contributed by atoms with Gasteiger partial charge < -0.3 is 25.8 Å². The Morgan fingerprint density at radius 3 is 2.89 bits per heavy atom. The van der Waals surface area contributed by atoms with Crippen molar-refractivity contribution in [2.24, 2.45) is 0 Å². The molecule has 1 saturated heterocycles. The maximum absolute atomic E-state index is 11.7. The van der Waals surface area contributed by atoms with Crippen LogP contribution in [0.4, 0.5) is 5.95 Å². The fraction of sp³-hybridized carbons (Fsp3) is 0.500. The zero-order valence-electron chi connectivity index (χ0n) is 9.67.